The molecule has 2 heterocycles. The van der Waals surface area contributed by atoms with E-state index in [0.29, 0.717) is 31.9 Å². The molecule has 7 nitrogen and oxygen atoms in total. The van der Waals surface area contributed by atoms with E-state index in [1.807, 2.05) is 12.1 Å². The summed E-state index contributed by atoms with van der Waals surface area (Å²) in [5.41, 5.74) is 2.29. The molecule has 2 aromatic carbocycles. The zero-order chi connectivity index (χ0) is 19.6. The van der Waals surface area contributed by atoms with E-state index in [1.54, 1.807) is 29.2 Å². The molecule has 0 bridgehead atoms. The highest BCUT2D eigenvalue weighted by Gasteiger charge is 2.22. The first kappa shape index (κ1) is 18.8. The molecule has 0 aromatic heterocycles. The van der Waals surface area contributed by atoms with Gasteiger partial charge in [0.15, 0.2) is 0 Å². The number of benzene rings is 2. The highest BCUT2D eigenvalue weighted by Crippen LogP contribution is 2.25. The van der Waals surface area contributed by atoms with Crippen LogP contribution in [0.1, 0.15) is 12.8 Å². The molecule has 1 amide bonds. The van der Waals surface area contributed by atoms with Gasteiger partial charge >= 0.3 is 0 Å². The van der Waals surface area contributed by atoms with Crippen LogP contribution in [0.3, 0.4) is 0 Å². The molecule has 0 aliphatic carbocycles. The lowest BCUT2D eigenvalue weighted by molar-refractivity contribution is -0.117. The summed E-state index contributed by atoms with van der Waals surface area (Å²) < 4.78 is 33.3. The third-order valence-corrected chi connectivity index (χ3v) is 6.43. The van der Waals surface area contributed by atoms with Crippen molar-refractivity contribution in [2.75, 3.05) is 47.4 Å². The molecule has 148 valence electrons. The van der Waals surface area contributed by atoms with Crippen molar-refractivity contribution in [3.05, 3.63) is 48.5 Å². The maximum absolute atomic E-state index is 12.7. The Morgan fingerprint density at radius 1 is 0.857 bits per heavy atom. The van der Waals surface area contributed by atoms with E-state index < -0.39 is 10.0 Å². The predicted octanol–water partition coefficient (Wildman–Crippen LogP) is 2.45. The summed E-state index contributed by atoms with van der Waals surface area (Å²) >= 11 is 0. The molecule has 4 rings (SSSR count). The highest BCUT2D eigenvalue weighted by molar-refractivity contribution is 7.92. The van der Waals surface area contributed by atoms with Crippen molar-refractivity contribution >= 4 is 33.0 Å². The van der Waals surface area contributed by atoms with Crippen LogP contribution in [-0.2, 0) is 19.6 Å². The maximum atomic E-state index is 12.7. The molecule has 8 heteroatoms. The average Bonchev–Trinajstić information content (AvgIpc) is 3.15. The number of rotatable bonds is 5. The molecular weight excluding hydrogens is 378 g/mol. The first-order valence-electron chi connectivity index (χ1n) is 9.39. The van der Waals surface area contributed by atoms with Crippen LogP contribution in [0.5, 0.6) is 0 Å². The van der Waals surface area contributed by atoms with Gasteiger partial charge in [0.1, 0.15) is 0 Å². The lowest BCUT2D eigenvalue weighted by atomic mass is 10.2. The Labute approximate surface area is 165 Å². The molecular formula is C20H23N3O4S. The normalized spacial score (nSPS) is 17.8. The van der Waals surface area contributed by atoms with Crippen molar-refractivity contribution in [3.8, 4) is 0 Å². The minimum absolute atomic E-state index is 0.0779. The molecule has 0 radical (unpaired) electrons. The molecule has 2 aliphatic rings. The van der Waals surface area contributed by atoms with Gasteiger partial charge in [-0.3, -0.25) is 9.52 Å². The van der Waals surface area contributed by atoms with Gasteiger partial charge in [0.25, 0.3) is 10.0 Å². The summed E-state index contributed by atoms with van der Waals surface area (Å²) in [4.78, 5) is 15.9. The van der Waals surface area contributed by atoms with Crippen LogP contribution in [0.2, 0.25) is 0 Å². The first-order chi connectivity index (χ1) is 13.5. The molecule has 0 saturated carbocycles. The number of sulfonamides is 1. The molecule has 2 saturated heterocycles. The van der Waals surface area contributed by atoms with Gasteiger partial charge in [-0.1, -0.05) is 0 Å². The zero-order valence-corrected chi connectivity index (χ0v) is 16.3. The van der Waals surface area contributed by atoms with Crippen molar-refractivity contribution in [1.29, 1.82) is 0 Å². The Morgan fingerprint density at radius 2 is 1.50 bits per heavy atom. The summed E-state index contributed by atoms with van der Waals surface area (Å²) in [6.07, 6.45) is 1.38. The van der Waals surface area contributed by atoms with Crippen molar-refractivity contribution in [2.45, 2.75) is 17.7 Å². The number of morpholine rings is 1. The van der Waals surface area contributed by atoms with E-state index in [4.69, 9.17) is 4.74 Å². The maximum Gasteiger partial charge on any atom is 0.261 e. The Morgan fingerprint density at radius 3 is 2.11 bits per heavy atom. The number of hydrogen-bond acceptors (Lipinski definition) is 5. The third-order valence-electron chi connectivity index (χ3n) is 5.03. The Balaban J connectivity index is 1.45. The van der Waals surface area contributed by atoms with Crippen LogP contribution >= 0.6 is 0 Å². The number of hydrogen-bond donors (Lipinski definition) is 1. The summed E-state index contributed by atoms with van der Waals surface area (Å²) in [6, 6.07) is 13.8. The topological polar surface area (TPSA) is 79.0 Å². The SMILES string of the molecule is O=C1CCCN1c1ccc(S(=O)(=O)Nc2ccc(N3CCOCC3)cc2)cc1. The fraction of sp³-hybridized carbons (Fsp3) is 0.350. The van der Waals surface area contributed by atoms with E-state index in [2.05, 4.69) is 9.62 Å². The number of nitrogens with zero attached hydrogens (tertiary/aromatic N) is 2. The second-order valence-electron chi connectivity index (χ2n) is 6.89. The Kier molecular flexibility index (Phi) is 5.23. The van der Waals surface area contributed by atoms with Gasteiger partial charge in [-0.25, -0.2) is 8.42 Å². The fourth-order valence-corrected chi connectivity index (χ4v) is 4.56. The van der Waals surface area contributed by atoms with E-state index in [0.717, 1.165) is 30.9 Å². The predicted molar refractivity (Wildman–Crippen MR) is 108 cm³/mol. The smallest absolute Gasteiger partial charge is 0.261 e. The molecule has 1 N–H and O–H groups in total. The lowest BCUT2D eigenvalue weighted by Gasteiger charge is -2.28. The highest BCUT2D eigenvalue weighted by atomic mass is 32.2. The van der Waals surface area contributed by atoms with Crippen molar-refractivity contribution in [3.63, 3.8) is 0 Å². The molecule has 0 unspecified atom stereocenters. The minimum Gasteiger partial charge on any atom is -0.378 e. The van der Waals surface area contributed by atoms with Gasteiger partial charge in [-0.05, 0) is 55.0 Å². The second-order valence-corrected chi connectivity index (χ2v) is 8.58. The third kappa shape index (κ3) is 3.98. The van der Waals surface area contributed by atoms with Crippen LogP contribution in [0.15, 0.2) is 53.4 Å². The molecule has 0 atom stereocenters. The van der Waals surface area contributed by atoms with Gasteiger partial charge < -0.3 is 14.5 Å². The van der Waals surface area contributed by atoms with Gasteiger partial charge in [0.2, 0.25) is 5.91 Å². The largest absolute Gasteiger partial charge is 0.378 e. The summed E-state index contributed by atoms with van der Waals surface area (Å²) in [6.45, 7) is 3.74. The van der Waals surface area contributed by atoms with Crippen LogP contribution in [0, 0.1) is 0 Å². The zero-order valence-electron chi connectivity index (χ0n) is 15.5. The lowest BCUT2D eigenvalue weighted by Crippen LogP contribution is -2.36. The Hall–Kier alpha value is -2.58. The summed E-state index contributed by atoms with van der Waals surface area (Å²) in [5.74, 6) is 0.0779. The van der Waals surface area contributed by atoms with Crippen molar-refractivity contribution in [2.24, 2.45) is 0 Å². The molecule has 28 heavy (non-hydrogen) atoms. The summed E-state index contributed by atoms with van der Waals surface area (Å²) in [5, 5.41) is 0. The second kappa shape index (κ2) is 7.81. The van der Waals surface area contributed by atoms with E-state index in [1.165, 1.54) is 12.1 Å². The number of nitrogens with one attached hydrogen (secondary N) is 1. The molecule has 2 aliphatic heterocycles. The van der Waals surface area contributed by atoms with Crippen LogP contribution in [0.25, 0.3) is 0 Å². The van der Waals surface area contributed by atoms with Crippen molar-refractivity contribution in [1.82, 2.24) is 0 Å². The van der Waals surface area contributed by atoms with Crippen molar-refractivity contribution < 1.29 is 17.9 Å². The Bertz CT molecular complexity index is 936. The fourth-order valence-electron chi connectivity index (χ4n) is 3.50. The van der Waals surface area contributed by atoms with E-state index in [-0.39, 0.29) is 10.8 Å². The van der Waals surface area contributed by atoms with Gasteiger partial charge in [0, 0.05) is 43.1 Å². The molecule has 2 aromatic rings. The number of amides is 1. The number of ether oxygens (including phenoxy) is 1. The average molecular weight is 401 g/mol. The van der Waals surface area contributed by atoms with Crippen LogP contribution < -0.4 is 14.5 Å². The quantitative estimate of drug-likeness (QED) is 0.833. The number of carbonyl (C=O) groups is 1. The number of carbonyl (C=O) groups excluding carboxylic acids is 1. The first-order valence-corrected chi connectivity index (χ1v) is 10.9. The summed E-state index contributed by atoms with van der Waals surface area (Å²) in [7, 11) is -3.69. The molecule has 0 spiro atoms. The standard InChI is InChI=1S/C20H23N3O4S/c24-20-2-1-11-23(20)18-7-9-19(10-8-18)28(25,26)21-16-3-5-17(6-4-16)22-12-14-27-15-13-22/h3-10,21H,1-2,11-15H2. The van der Waals surface area contributed by atoms with Gasteiger partial charge in [-0.2, -0.15) is 0 Å². The van der Waals surface area contributed by atoms with E-state index in [9.17, 15) is 13.2 Å². The van der Waals surface area contributed by atoms with Gasteiger partial charge in [-0.15, -0.1) is 0 Å². The minimum atomic E-state index is -3.69. The van der Waals surface area contributed by atoms with Gasteiger partial charge in [0.05, 0.1) is 18.1 Å². The monoisotopic (exact) mass is 401 g/mol. The molecule has 2 fully saturated rings. The van der Waals surface area contributed by atoms with Crippen LogP contribution in [-0.4, -0.2) is 47.2 Å². The van der Waals surface area contributed by atoms with E-state index >= 15 is 0 Å². The number of anilines is 3. The van der Waals surface area contributed by atoms with Crippen LogP contribution in [0.4, 0.5) is 17.1 Å².